The number of carbonyl (C=O) groups is 6. The van der Waals surface area contributed by atoms with Gasteiger partial charge in [0.05, 0.1) is 18.2 Å². The van der Waals surface area contributed by atoms with Gasteiger partial charge in [0, 0.05) is 26.1 Å². The molecule has 0 radical (unpaired) electrons. The molecule has 16 nitrogen and oxygen atoms in total. The Morgan fingerprint density at radius 3 is 2.16 bits per heavy atom. The molecule has 2 saturated heterocycles. The van der Waals surface area contributed by atoms with Gasteiger partial charge in [0.25, 0.3) is 5.91 Å². The van der Waals surface area contributed by atoms with Crippen molar-refractivity contribution in [2.45, 2.75) is 115 Å². The van der Waals surface area contributed by atoms with Crippen molar-refractivity contribution in [2.75, 3.05) is 19.6 Å². The number of nitrogens with zero attached hydrogens (tertiary/aromatic N) is 2. The number of hydrogen-bond donors (Lipinski definition) is 8. The largest absolute Gasteiger partial charge is 0.508 e. The zero-order chi connectivity index (χ0) is 36.2. The molecule has 9 N–H and O–H groups in total. The number of aliphatic hydroxyl groups excluding tert-OH is 2. The van der Waals surface area contributed by atoms with Crippen molar-refractivity contribution >= 4 is 35.6 Å². The van der Waals surface area contributed by atoms with E-state index in [4.69, 9.17) is 5.73 Å². The first-order valence-electron chi connectivity index (χ1n) is 17.0. The number of fused-ring (bicyclic) bond motifs is 1. The Balaban J connectivity index is 2.00. The van der Waals surface area contributed by atoms with Gasteiger partial charge in [0.1, 0.15) is 29.9 Å². The van der Waals surface area contributed by atoms with Crippen molar-refractivity contribution in [1.29, 1.82) is 0 Å². The van der Waals surface area contributed by atoms with Gasteiger partial charge >= 0.3 is 6.03 Å². The topological polar surface area (TPSA) is 244 Å². The molecule has 49 heavy (non-hydrogen) atoms. The van der Waals surface area contributed by atoms with E-state index in [2.05, 4.69) is 21.3 Å². The van der Waals surface area contributed by atoms with Crippen molar-refractivity contribution < 1.29 is 44.1 Å². The van der Waals surface area contributed by atoms with E-state index >= 15 is 0 Å². The number of aromatic hydroxyl groups is 1. The number of aliphatic hydroxyl groups is 2. The molecule has 0 saturated carbocycles. The van der Waals surface area contributed by atoms with Crippen molar-refractivity contribution in [3.05, 3.63) is 29.8 Å². The van der Waals surface area contributed by atoms with Gasteiger partial charge in [0.2, 0.25) is 23.6 Å². The van der Waals surface area contributed by atoms with Crippen LogP contribution < -0.4 is 27.0 Å². The van der Waals surface area contributed by atoms with E-state index < -0.39 is 78.0 Å². The van der Waals surface area contributed by atoms with E-state index in [0.717, 1.165) is 4.90 Å². The lowest BCUT2D eigenvalue weighted by molar-refractivity contribution is -0.143. The molecule has 5 unspecified atom stereocenters. The molecule has 1 aromatic carbocycles. The molecule has 3 rings (SSSR count). The van der Waals surface area contributed by atoms with Crippen LogP contribution >= 0.6 is 0 Å². The summed E-state index contributed by atoms with van der Waals surface area (Å²) in [5.41, 5.74) is 6.59. The predicted molar refractivity (Wildman–Crippen MR) is 178 cm³/mol. The number of carbonyl (C=O) groups excluding carboxylic acids is 6. The van der Waals surface area contributed by atoms with Gasteiger partial charge < -0.3 is 47.2 Å². The summed E-state index contributed by atoms with van der Waals surface area (Å²) in [5, 5.41) is 41.9. The number of nitrogens with one attached hydrogen (secondary N) is 4. The van der Waals surface area contributed by atoms with Gasteiger partial charge in [-0.05, 0) is 56.2 Å². The van der Waals surface area contributed by atoms with Crippen molar-refractivity contribution in [1.82, 2.24) is 31.1 Å². The summed E-state index contributed by atoms with van der Waals surface area (Å²) in [4.78, 5) is 83.3. The predicted octanol–water partition coefficient (Wildman–Crippen LogP) is -1.01. The van der Waals surface area contributed by atoms with Gasteiger partial charge in [-0.25, -0.2) is 4.79 Å². The number of hydrogen-bond acceptors (Lipinski definition) is 10. The molecule has 7 atom stereocenters. The second-order valence-corrected chi connectivity index (χ2v) is 12.6. The van der Waals surface area contributed by atoms with Crippen LogP contribution in [-0.2, 0) is 30.4 Å². The molecule has 1 aromatic rings. The molecule has 2 fully saturated rings. The number of phenols is 1. The van der Waals surface area contributed by atoms with Crippen LogP contribution in [0.2, 0.25) is 0 Å². The lowest BCUT2D eigenvalue weighted by Crippen LogP contribution is -2.62. The molecule has 272 valence electrons. The number of imide groups is 1. The van der Waals surface area contributed by atoms with Gasteiger partial charge in [-0.3, -0.25) is 28.9 Å². The van der Waals surface area contributed by atoms with Crippen LogP contribution in [0, 0.1) is 0 Å². The third kappa shape index (κ3) is 10.6. The number of nitrogens with two attached hydrogens (primary N) is 1. The minimum atomic E-state index is -1.58. The zero-order valence-corrected chi connectivity index (χ0v) is 28.4. The van der Waals surface area contributed by atoms with E-state index in [-0.39, 0.29) is 57.5 Å². The number of urea groups is 1. The first-order chi connectivity index (χ1) is 23.3. The minimum Gasteiger partial charge on any atom is -0.508 e. The van der Waals surface area contributed by atoms with Crippen molar-refractivity contribution in [3.8, 4) is 5.75 Å². The van der Waals surface area contributed by atoms with E-state index in [9.17, 15) is 44.1 Å². The highest BCUT2D eigenvalue weighted by Gasteiger charge is 2.41. The third-order valence-electron chi connectivity index (χ3n) is 8.83. The first-order valence-corrected chi connectivity index (χ1v) is 17.0. The minimum absolute atomic E-state index is 0.00292. The van der Waals surface area contributed by atoms with Gasteiger partial charge in [-0.1, -0.05) is 39.3 Å². The number of benzene rings is 1. The molecule has 2 aliphatic rings. The average Bonchev–Trinajstić information content (AvgIpc) is 3.58. The van der Waals surface area contributed by atoms with Gasteiger partial charge in [0.15, 0.2) is 0 Å². The summed E-state index contributed by atoms with van der Waals surface area (Å²) in [7, 11) is 0. The van der Waals surface area contributed by atoms with E-state index in [0.29, 0.717) is 24.8 Å². The number of unbranched alkanes of at least 4 members (excludes halogenated alkanes) is 1. The fourth-order valence-corrected chi connectivity index (χ4v) is 5.90. The van der Waals surface area contributed by atoms with Crippen LogP contribution in [0.1, 0.15) is 71.3 Å². The molecule has 0 aliphatic carbocycles. The Hall–Kier alpha value is -4.28. The summed E-state index contributed by atoms with van der Waals surface area (Å²) in [6.45, 7) is 5.07. The van der Waals surface area contributed by atoms with Crippen LogP contribution in [0.4, 0.5) is 4.79 Å². The molecule has 7 amide bonds. The molecule has 2 aliphatic heterocycles. The second-order valence-electron chi connectivity index (χ2n) is 12.6. The fraction of sp³-hybridized carbons (Fsp3) is 0.636. The Morgan fingerprint density at radius 1 is 0.898 bits per heavy atom. The molecule has 0 spiro atoms. The Labute approximate surface area is 286 Å². The van der Waals surface area contributed by atoms with Crippen LogP contribution in [0.5, 0.6) is 5.75 Å². The van der Waals surface area contributed by atoms with E-state index in [1.165, 1.54) is 17.0 Å². The quantitative estimate of drug-likeness (QED) is 0.165. The molecular formula is C33H51N7O9. The number of rotatable bonds is 8. The highest BCUT2D eigenvalue weighted by atomic mass is 16.3. The Morgan fingerprint density at radius 2 is 1.53 bits per heavy atom. The van der Waals surface area contributed by atoms with Crippen LogP contribution in [-0.4, -0.2) is 123 Å². The molecule has 0 bridgehead atoms. The lowest BCUT2D eigenvalue weighted by atomic mass is 10.00. The summed E-state index contributed by atoms with van der Waals surface area (Å²) in [6, 6.07) is -1.00. The van der Waals surface area contributed by atoms with Crippen molar-refractivity contribution in [2.24, 2.45) is 5.73 Å². The molecule has 0 aromatic heterocycles. The number of β-amino-alcohol motifs (C(OH)–C–C–N with tert-alkyl or cyclic N) is 1. The normalized spacial score (nSPS) is 27.5. The zero-order valence-electron chi connectivity index (χ0n) is 28.4. The maximum atomic E-state index is 13.8. The van der Waals surface area contributed by atoms with Crippen LogP contribution in [0.25, 0.3) is 0 Å². The summed E-state index contributed by atoms with van der Waals surface area (Å²) in [5.74, 6) is -3.58. The van der Waals surface area contributed by atoms with Gasteiger partial charge in [-0.15, -0.1) is 0 Å². The fourth-order valence-electron chi connectivity index (χ4n) is 5.90. The lowest BCUT2D eigenvalue weighted by Gasteiger charge is -2.32. The average molecular weight is 690 g/mol. The summed E-state index contributed by atoms with van der Waals surface area (Å²) >= 11 is 0. The van der Waals surface area contributed by atoms with E-state index in [1.807, 2.05) is 6.92 Å². The standard InChI is InChI=1S/C33H51N7O9/c1-4-7-14-40-32(48)24(6-3)37-30(46)27(26(43)16-19-10-12-20(41)13-11-19)38-29(45)25-9-8-15-39(25)31(47)23(5-2)36-28(44)22(34)17-21(42)18-35-33(40)49/h10-13,21-27,41-43H,4-9,14-18,34H2,1-3H3,(H,35,49)(H,36,44)(H,37,46)(H,38,45)/t21-,22?,23?,24?,25?,26-,27?/m1/s1. The van der Waals surface area contributed by atoms with Crippen LogP contribution in [0.15, 0.2) is 24.3 Å². The Kier molecular flexibility index (Phi) is 14.8. The summed E-state index contributed by atoms with van der Waals surface area (Å²) < 4.78 is 0. The smallest absolute Gasteiger partial charge is 0.324 e. The number of phenolic OH excluding ortho intramolecular Hbond substituents is 1. The highest BCUT2D eigenvalue weighted by molar-refractivity contribution is 6.00. The van der Waals surface area contributed by atoms with E-state index in [1.54, 1.807) is 26.0 Å². The maximum absolute atomic E-state index is 13.8. The van der Waals surface area contributed by atoms with Crippen LogP contribution in [0.3, 0.4) is 0 Å². The molecule has 16 heteroatoms. The summed E-state index contributed by atoms with van der Waals surface area (Å²) in [6.07, 6.45) is -1.08. The maximum Gasteiger partial charge on any atom is 0.324 e. The molecule has 2 heterocycles. The molecular weight excluding hydrogens is 638 g/mol. The van der Waals surface area contributed by atoms with Crippen molar-refractivity contribution in [3.63, 3.8) is 0 Å². The first kappa shape index (κ1) is 39.2. The highest BCUT2D eigenvalue weighted by Crippen LogP contribution is 2.21. The Bertz CT molecular complexity index is 1330. The number of amides is 7. The third-order valence-corrected chi connectivity index (χ3v) is 8.83. The van der Waals surface area contributed by atoms with Gasteiger partial charge in [-0.2, -0.15) is 0 Å². The SMILES string of the molecule is CCCCN1C(=O)NC[C@H](O)CC(N)C(=O)NC(CC)C(=O)N2CCCC2C(=O)NC([C@H](O)Cc2ccc(O)cc2)C(=O)NC(CC)C1=O. The monoisotopic (exact) mass is 689 g/mol. The second kappa shape index (κ2) is 18.5.